The zero-order valence-corrected chi connectivity index (χ0v) is 13.6. The van der Waals surface area contributed by atoms with Gasteiger partial charge in [0.15, 0.2) is 0 Å². The largest absolute Gasteiger partial charge is 0.416 e. The van der Waals surface area contributed by atoms with Crippen LogP contribution in [0.25, 0.3) is 6.08 Å². The van der Waals surface area contributed by atoms with Crippen molar-refractivity contribution in [3.8, 4) is 6.07 Å². The number of aryl methyl sites for hydroxylation is 1. The third-order valence-corrected chi connectivity index (χ3v) is 3.55. The van der Waals surface area contributed by atoms with Crippen molar-refractivity contribution in [2.45, 2.75) is 26.6 Å². The normalized spacial score (nSPS) is 11.9. The van der Waals surface area contributed by atoms with Crippen LogP contribution in [0.5, 0.6) is 0 Å². The number of hydrogen-bond acceptors (Lipinski definition) is 3. The molecule has 1 amide bonds. The molecule has 0 spiro atoms. The molecule has 2 aromatic rings. The maximum absolute atomic E-state index is 12.7. The van der Waals surface area contributed by atoms with Crippen LogP contribution in [0.3, 0.4) is 0 Å². The van der Waals surface area contributed by atoms with Gasteiger partial charge < -0.3 is 5.32 Å². The second-order valence-electron chi connectivity index (χ2n) is 5.20. The van der Waals surface area contributed by atoms with Gasteiger partial charge in [-0.3, -0.25) is 9.48 Å². The Balaban J connectivity index is 2.25. The van der Waals surface area contributed by atoms with Gasteiger partial charge in [-0.1, -0.05) is 6.07 Å². The molecule has 130 valence electrons. The van der Waals surface area contributed by atoms with Crippen molar-refractivity contribution in [3.63, 3.8) is 0 Å². The molecule has 0 aliphatic rings. The van der Waals surface area contributed by atoms with Crippen molar-refractivity contribution in [1.29, 1.82) is 5.26 Å². The minimum atomic E-state index is -4.51. The molecule has 25 heavy (non-hydrogen) atoms. The molecule has 0 radical (unpaired) electrons. The minimum Gasteiger partial charge on any atom is -0.321 e. The molecule has 0 aliphatic heterocycles. The Labute approximate surface area is 142 Å². The fraction of sp³-hybridized carbons (Fsp3) is 0.235. The zero-order chi connectivity index (χ0) is 18.6. The van der Waals surface area contributed by atoms with Crippen molar-refractivity contribution >= 4 is 17.7 Å². The van der Waals surface area contributed by atoms with E-state index < -0.39 is 17.6 Å². The number of alkyl halides is 3. The second kappa shape index (κ2) is 7.21. The highest BCUT2D eigenvalue weighted by atomic mass is 19.4. The lowest BCUT2D eigenvalue weighted by Gasteiger charge is -2.09. The first-order chi connectivity index (χ1) is 11.8. The molecule has 0 fully saturated rings. The Morgan fingerprint density at radius 1 is 1.44 bits per heavy atom. The lowest BCUT2D eigenvalue weighted by Crippen LogP contribution is -2.14. The number of benzene rings is 1. The Bertz CT molecular complexity index is 860. The number of nitrogens with one attached hydrogen (secondary N) is 1. The molecule has 1 aromatic carbocycles. The molecule has 0 aliphatic carbocycles. The molecule has 0 atom stereocenters. The van der Waals surface area contributed by atoms with Crippen LogP contribution in [-0.4, -0.2) is 15.7 Å². The van der Waals surface area contributed by atoms with Gasteiger partial charge >= 0.3 is 6.18 Å². The summed E-state index contributed by atoms with van der Waals surface area (Å²) < 4.78 is 39.8. The van der Waals surface area contributed by atoms with E-state index in [0.29, 0.717) is 12.1 Å². The van der Waals surface area contributed by atoms with Gasteiger partial charge in [0.25, 0.3) is 5.91 Å². The van der Waals surface area contributed by atoms with Crippen molar-refractivity contribution in [1.82, 2.24) is 9.78 Å². The van der Waals surface area contributed by atoms with E-state index in [1.165, 1.54) is 24.4 Å². The first-order valence-electron chi connectivity index (χ1n) is 7.39. The Kier molecular flexibility index (Phi) is 5.27. The third kappa shape index (κ3) is 4.26. The topological polar surface area (TPSA) is 70.7 Å². The average Bonchev–Trinajstić information content (AvgIpc) is 2.91. The number of aromatic nitrogens is 2. The molecule has 8 heteroatoms. The van der Waals surface area contributed by atoms with Crippen molar-refractivity contribution in [2.24, 2.45) is 0 Å². The summed E-state index contributed by atoms with van der Waals surface area (Å²) >= 11 is 0. The maximum Gasteiger partial charge on any atom is 0.416 e. The van der Waals surface area contributed by atoms with Crippen molar-refractivity contribution < 1.29 is 18.0 Å². The zero-order valence-electron chi connectivity index (χ0n) is 13.6. The number of rotatable bonds is 4. The molecule has 0 saturated heterocycles. The van der Waals surface area contributed by atoms with E-state index in [1.54, 1.807) is 17.7 Å². The summed E-state index contributed by atoms with van der Waals surface area (Å²) in [6.45, 7) is 4.33. The highest BCUT2D eigenvalue weighted by molar-refractivity contribution is 6.09. The number of anilines is 1. The average molecular weight is 348 g/mol. The number of halogens is 3. The van der Waals surface area contributed by atoms with Gasteiger partial charge in [0, 0.05) is 23.5 Å². The van der Waals surface area contributed by atoms with E-state index in [-0.39, 0.29) is 11.3 Å². The smallest absolute Gasteiger partial charge is 0.321 e. The molecule has 0 bridgehead atoms. The number of amides is 1. The lowest BCUT2D eigenvalue weighted by atomic mass is 10.1. The van der Waals surface area contributed by atoms with Gasteiger partial charge in [0.2, 0.25) is 0 Å². The van der Waals surface area contributed by atoms with Gasteiger partial charge in [-0.15, -0.1) is 0 Å². The summed E-state index contributed by atoms with van der Waals surface area (Å²) in [7, 11) is 0. The van der Waals surface area contributed by atoms with Gasteiger partial charge in [0.1, 0.15) is 11.6 Å². The molecule has 1 heterocycles. The molecule has 1 aromatic heterocycles. The molecular weight excluding hydrogens is 333 g/mol. The second-order valence-corrected chi connectivity index (χ2v) is 5.20. The van der Waals surface area contributed by atoms with Crippen LogP contribution in [0.4, 0.5) is 18.9 Å². The summed E-state index contributed by atoms with van der Waals surface area (Å²) in [4.78, 5) is 12.2. The van der Waals surface area contributed by atoms with Gasteiger partial charge in [-0.25, -0.2) is 0 Å². The van der Waals surface area contributed by atoms with Crippen molar-refractivity contribution in [3.05, 3.63) is 52.9 Å². The van der Waals surface area contributed by atoms with E-state index in [1.807, 2.05) is 6.92 Å². The van der Waals surface area contributed by atoms with E-state index >= 15 is 0 Å². The quantitative estimate of drug-likeness (QED) is 0.675. The lowest BCUT2D eigenvalue weighted by molar-refractivity contribution is -0.137. The fourth-order valence-electron chi connectivity index (χ4n) is 2.20. The van der Waals surface area contributed by atoms with Crippen LogP contribution in [0, 0.1) is 18.3 Å². The van der Waals surface area contributed by atoms with Crippen LogP contribution in [0.1, 0.15) is 23.7 Å². The molecule has 5 nitrogen and oxygen atoms in total. The van der Waals surface area contributed by atoms with Gasteiger partial charge in [-0.05, 0) is 38.1 Å². The van der Waals surface area contributed by atoms with Crippen LogP contribution in [0.2, 0.25) is 0 Å². The first kappa shape index (κ1) is 18.3. The minimum absolute atomic E-state index is 0.0399. The van der Waals surface area contributed by atoms with Crippen LogP contribution >= 0.6 is 0 Å². The molecular formula is C17H15F3N4O. The first-order valence-corrected chi connectivity index (χ1v) is 7.39. The summed E-state index contributed by atoms with van der Waals surface area (Å²) in [6, 6.07) is 5.98. The molecule has 2 rings (SSSR count). The van der Waals surface area contributed by atoms with Crippen molar-refractivity contribution in [2.75, 3.05) is 5.32 Å². The molecule has 0 unspecified atom stereocenters. The Morgan fingerprint density at radius 3 is 2.72 bits per heavy atom. The molecule has 0 saturated carbocycles. The SMILES string of the molecule is CCn1ncc(C=C(C#N)C(=O)Nc2cccc(C(F)(F)F)c2)c1C. The maximum atomic E-state index is 12.7. The highest BCUT2D eigenvalue weighted by Crippen LogP contribution is 2.30. The number of carbonyl (C=O) groups is 1. The van der Waals surface area contributed by atoms with E-state index in [9.17, 15) is 23.2 Å². The molecule has 1 N–H and O–H groups in total. The standard InChI is InChI=1S/C17H15F3N4O/c1-3-24-11(2)13(10-22-24)7-12(9-21)16(25)23-15-6-4-5-14(8-15)17(18,19)20/h4-8,10H,3H2,1-2H3,(H,23,25). The van der Waals surface area contributed by atoms with Crippen LogP contribution in [-0.2, 0) is 17.5 Å². The van der Waals surface area contributed by atoms with E-state index in [0.717, 1.165) is 17.8 Å². The van der Waals surface area contributed by atoms with Gasteiger partial charge in [-0.2, -0.15) is 23.5 Å². The fourth-order valence-corrected chi connectivity index (χ4v) is 2.20. The number of hydrogen-bond donors (Lipinski definition) is 1. The Hall–Kier alpha value is -3.08. The van der Waals surface area contributed by atoms with Crippen LogP contribution < -0.4 is 5.32 Å². The monoisotopic (exact) mass is 348 g/mol. The summed E-state index contributed by atoms with van der Waals surface area (Å²) in [6.07, 6.45) is -1.63. The van der Waals surface area contributed by atoms with Gasteiger partial charge in [0.05, 0.1) is 11.8 Å². The van der Waals surface area contributed by atoms with E-state index in [2.05, 4.69) is 10.4 Å². The third-order valence-electron chi connectivity index (χ3n) is 3.55. The highest BCUT2D eigenvalue weighted by Gasteiger charge is 2.30. The predicted molar refractivity (Wildman–Crippen MR) is 86.3 cm³/mol. The summed E-state index contributed by atoms with van der Waals surface area (Å²) in [5.74, 6) is -0.787. The summed E-state index contributed by atoms with van der Waals surface area (Å²) in [5.41, 5.74) is 0.227. The predicted octanol–water partition coefficient (Wildman–Crippen LogP) is 3.78. The van der Waals surface area contributed by atoms with Crippen LogP contribution in [0.15, 0.2) is 36.0 Å². The number of nitriles is 1. The Morgan fingerprint density at radius 2 is 2.16 bits per heavy atom. The summed E-state index contributed by atoms with van der Waals surface area (Å²) in [5, 5.41) is 15.6. The number of nitrogens with zero attached hydrogens (tertiary/aromatic N) is 3. The number of carbonyl (C=O) groups excluding carboxylic acids is 1. The van der Waals surface area contributed by atoms with E-state index in [4.69, 9.17) is 0 Å².